The number of piperidine rings is 1. The number of hydrogen-bond acceptors (Lipinski definition) is 5. The van der Waals surface area contributed by atoms with Gasteiger partial charge in [-0.15, -0.1) is 10.2 Å². The van der Waals surface area contributed by atoms with Gasteiger partial charge in [0.05, 0.1) is 12.9 Å². The molecule has 152 valence electrons. The molecule has 1 amide bonds. The Balaban J connectivity index is 1.25. The largest absolute Gasteiger partial charge is 0.341 e. The minimum Gasteiger partial charge on any atom is -0.341 e. The van der Waals surface area contributed by atoms with Crippen molar-refractivity contribution in [2.45, 2.75) is 57.7 Å². The Morgan fingerprint density at radius 3 is 2.62 bits per heavy atom. The fourth-order valence-electron chi connectivity index (χ4n) is 4.18. The first-order valence-corrected chi connectivity index (χ1v) is 10.3. The Hall–Kier alpha value is -2.97. The van der Waals surface area contributed by atoms with E-state index in [9.17, 15) is 4.79 Å². The molecule has 9 heteroatoms. The summed E-state index contributed by atoms with van der Waals surface area (Å²) >= 11 is 0. The van der Waals surface area contributed by atoms with Crippen molar-refractivity contribution in [2.24, 2.45) is 0 Å². The highest BCUT2D eigenvalue weighted by molar-refractivity contribution is 5.76. The number of aromatic nitrogens is 7. The van der Waals surface area contributed by atoms with Gasteiger partial charge in [0.1, 0.15) is 12.4 Å². The third-order valence-corrected chi connectivity index (χ3v) is 6.01. The van der Waals surface area contributed by atoms with Crippen LogP contribution >= 0.6 is 0 Å². The molecule has 0 radical (unpaired) electrons. The highest BCUT2D eigenvalue weighted by atomic mass is 16.2. The van der Waals surface area contributed by atoms with E-state index in [0.29, 0.717) is 25.0 Å². The van der Waals surface area contributed by atoms with Crippen LogP contribution in [0.5, 0.6) is 0 Å². The van der Waals surface area contributed by atoms with E-state index >= 15 is 0 Å². The molecule has 4 heterocycles. The molecule has 2 aliphatic rings. The summed E-state index contributed by atoms with van der Waals surface area (Å²) in [5.41, 5.74) is 1.01. The number of amides is 1. The highest BCUT2D eigenvalue weighted by Crippen LogP contribution is 2.40. The molecule has 2 fully saturated rings. The van der Waals surface area contributed by atoms with Crippen molar-refractivity contribution in [3.63, 3.8) is 0 Å². The van der Waals surface area contributed by atoms with Crippen molar-refractivity contribution in [3.05, 3.63) is 48.3 Å². The Morgan fingerprint density at radius 1 is 1.14 bits per heavy atom. The normalized spacial score (nSPS) is 17.8. The molecule has 1 aliphatic carbocycles. The monoisotopic (exact) mass is 394 g/mol. The van der Waals surface area contributed by atoms with Crippen molar-refractivity contribution < 1.29 is 4.79 Å². The van der Waals surface area contributed by atoms with Gasteiger partial charge in [-0.2, -0.15) is 5.10 Å². The van der Waals surface area contributed by atoms with Crippen molar-refractivity contribution >= 4 is 5.91 Å². The molecule has 1 aliphatic heterocycles. The third kappa shape index (κ3) is 3.68. The summed E-state index contributed by atoms with van der Waals surface area (Å²) in [6.45, 7) is 4.51. The topological polar surface area (TPSA) is 86.7 Å². The molecule has 0 atom stereocenters. The van der Waals surface area contributed by atoms with Crippen molar-refractivity contribution in [2.75, 3.05) is 13.1 Å². The van der Waals surface area contributed by atoms with Gasteiger partial charge in [-0.3, -0.25) is 9.48 Å². The summed E-state index contributed by atoms with van der Waals surface area (Å²) < 4.78 is 6.15. The lowest BCUT2D eigenvalue weighted by atomic mass is 9.95. The van der Waals surface area contributed by atoms with Gasteiger partial charge in [0.25, 0.3) is 0 Å². The molecule has 0 aromatic carbocycles. The van der Waals surface area contributed by atoms with E-state index in [1.165, 1.54) is 12.8 Å². The predicted molar refractivity (Wildman–Crippen MR) is 105 cm³/mol. The first kappa shape index (κ1) is 18.1. The van der Waals surface area contributed by atoms with Gasteiger partial charge in [0.2, 0.25) is 5.91 Å². The highest BCUT2D eigenvalue weighted by Gasteiger charge is 2.34. The minimum absolute atomic E-state index is 0.139. The zero-order valence-corrected chi connectivity index (χ0v) is 16.7. The van der Waals surface area contributed by atoms with Crippen molar-refractivity contribution in [3.8, 4) is 0 Å². The lowest BCUT2D eigenvalue weighted by Crippen LogP contribution is -2.40. The Labute approximate surface area is 169 Å². The number of hydrogen-bond donors (Lipinski definition) is 0. The first-order valence-electron chi connectivity index (χ1n) is 10.3. The van der Waals surface area contributed by atoms with E-state index < -0.39 is 0 Å². The third-order valence-electron chi connectivity index (χ3n) is 6.01. The minimum atomic E-state index is 0.139. The summed E-state index contributed by atoms with van der Waals surface area (Å²) in [4.78, 5) is 18.7. The molecule has 3 aromatic heterocycles. The van der Waals surface area contributed by atoms with Crippen LogP contribution < -0.4 is 0 Å². The van der Waals surface area contributed by atoms with Gasteiger partial charge in [0.15, 0.2) is 5.82 Å². The van der Waals surface area contributed by atoms with Gasteiger partial charge >= 0.3 is 0 Å². The van der Waals surface area contributed by atoms with Crippen LogP contribution in [0, 0.1) is 6.92 Å². The maximum absolute atomic E-state index is 12.7. The number of likely N-dealkylation sites (tertiary alicyclic amines) is 1. The van der Waals surface area contributed by atoms with Crippen LogP contribution in [0.3, 0.4) is 0 Å². The number of imidazole rings is 1. The fraction of sp³-hybridized carbons (Fsp3) is 0.550. The quantitative estimate of drug-likeness (QED) is 0.636. The first-order chi connectivity index (χ1) is 14.2. The summed E-state index contributed by atoms with van der Waals surface area (Å²) in [5, 5.41) is 13.3. The maximum Gasteiger partial charge on any atom is 0.244 e. The molecular formula is C20H26N8O. The van der Waals surface area contributed by atoms with Gasteiger partial charge in [-0.05, 0) is 38.7 Å². The van der Waals surface area contributed by atoms with Crippen LogP contribution in [0.15, 0.2) is 31.0 Å². The second kappa shape index (κ2) is 7.46. The molecule has 0 unspecified atom stereocenters. The van der Waals surface area contributed by atoms with Crippen LogP contribution in [0.25, 0.3) is 0 Å². The second-order valence-corrected chi connectivity index (χ2v) is 8.10. The van der Waals surface area contributed by atoms with E-state index in [2.05, 4.69) is 24.8 Å². The van der Waals surface area contributed by atoms with Crippen LogP contribution in [0.4, 0.5) is 0 Å². The molecule has 3 aromatic rings. The molecule has 0 spiro atoms. The molecule has 1 saturated heterocycles. The van der Waals surface area contributed by atoms with Gasteiger partial charge < -0.3 is 14.0 Å². The summed E-state index contributed by atoms with van der Waals surface area (Å²) in [7, 11) is 0. The van der Waals surface area contributed by atoms with Crippen LogP contribution in [0.1, 0.15) is 55.0 Å². The molecule has 0 bridgehead atoms. The van der Waals surface area contributed by atoms with Crippen molar-refractivity contribution in [1.29, 1.82) is 0 Å². The number of aryl methyl sites for hydroxylation is 1. The smallest absolute Gasteiger partial charge is 0.244 e. The van der Waals surface area contributed by atoms with Gasteiger partial charge in [0, 0.05) is 49.3 Å². The van der Waals surface area contributed by atoms with E-state index in [-0.39, 0.29) is 5.91 Å². The second-order valence-electron chi connectivity index (χ2n) is 8.10. The lowest BCUT2D eigenvalue weighted by molar-refractivity contribution is -0.133. The summed E-state index contributed by atoms with van der Waals surface area (Å²) in [6, 6.07) is 2.45. The van der Waals surface area contributed by atoms with E-state index in [1.54, 1.807) is 17.1 Å². The van der Waals surface area contributed by atoms with E-state index in [4.69, 9.17) is 0 Å². The van der Waals surface area contributed by atoms with Crippen molar-refractivity contribution in [1.82, 2.24) is 39.0 Å². The predicted octanol–water partition coefficient (Wildman–Crippen LogP) is 1.77. The number of carbonyl (C=O) groups excluding carboxylic acids is 1. The molecule has 0 N–H and O–H groups in total. The van der Waals surface area contributed by atoms with E-state index in [0.717, 1.165) is 43.3 Å². The maximum atomic E-state index is 12.7. The molecular weight excluding hydrogens is 368 g/mol. The molecule has 1 saturated carbocycles. The molecule has 9 nitrogen and oxygen atoms in total. The van der Waals surface area contributed by atoms with Crippen LogP contribution in [-0.2, 0) is 17.9 Å². The Bertz CT molecular complexity index is 976. The summed E-state index contributed by atoms with van der Waals surface area (Å²) in [6.07, 6.45) is 11.6. The number of carbonyl (C=O) groups is 1. The number of rotatable bonds is 6. The average molecular weight is 394 g/mol. The average Bonchev–Trinajstić information content (AvgIpc) is 3.10. The molecule has 29 heavy (non-hydrogen) atoms. The van der Waals surface area contributed by atoms with Crippen LogP contribution in [-0.4, -0.2) is 58.0 Å². The van der Waals surface area contributed by atoms with Gasteiger partial charge in [-0.25, -0.2) is 4.98 Å². The van der Waals surface area contributed by atoms with Gasteiger partial charge in [-0.1, -0.05) is 0 Å². The van der Waals surface area contributed by atoms with Crippen LogP contribution in [0.2, 0.25) is 0 Å². The Morgan fingerprint density at radius 2 is 1.97 bits per heavy atom. The standard InChI is InChI=1S/C20H26N8O/c1-15-4-7-22-27(15)13-19(29)26-9-5-16(6-10-26)20-24-23-18(28(20)17-2-3-17)12-25-11-8-21-14-25/h4,7-8,11,14,16-17H,2-3,5-6,9-10,12-13H2,1H3. The zero-order valence-electron chi connectivity index (χ0n) is 16.7. The SMILES string of the molecule is Cc1ccnn1CC(=O)N1CCC(c2nnc(Cn3ccnc3)n2C2CC2)CC1. The zero-order chi connectivity index (χ0) is 19.8. The Kier molecular flexibility index (Phi) is 4.65. The number of nitrogens with zero attached hydrogens (tertiary/aromatic N) is 8. The fourth-order valence-corrected chi connectivity index (χ4v) is 4.18. The molecule has 5 rings (SSSR count). The lowest BCUT2D eigenvalue weighted by Gasteiger charge is -2.32. The summed E-state index contributed by atoms with van der Waals surface area (Å²) in [5.74, 6) is 2.60. The van der Waals surface area contributed by atoms with E-state index in [1.807, 2.05) is 35.0 Å².